The van der Waals surface area contributed by atoms with Crippen molar-refractivity contribution in [1.82, 2.24) is 0 Å². The van der Waals surface area contributed by atoms with Gasteiger partial charge in [-0.15, -0.1) is 0 Å². The summed E-state index contributed by atoms with van der Waals surface area (Å²) in [5, 5.41) is 0. The van der Waals surface area contributed by atoms with Crippen molar-refractivity contribution in [3.8, 4) is 0 Å². The van der Waals surface area contributed by atoms with E-state index in [1.807, 2.05) is 0 Å². The van der Waals surface area contributed by atoms with Gasteiger partial charge in [-0.05, 0) is 26.7 Å². The van der Waals surface area contributed by atoms with E-state index in [1.165, 1.54) is 6.92 Å². The quantitative estimate of drug-likeness (QED) is 0.578. The van der Waals surface area contributed by atoms with Crippen molar-refractivity contribution in [1.29, 1.82) is 0 Å². The minimum Gasteiger partial charge on any atom is -0.299 e. The van der Waals surface area contributed by atoms with Crippen LogP contribution in [0.25, 0.3) is 0 Å². The zero-order valence-corrected chi connectivity index (χ0v) is 7.09. The van der Waals surface area contributed by atoms with E-state index in [9.17, 15) is 9.59 Å². The third kappa shape index (κ3) is 1.67. The summed E-state index contributed by atoms with van der Waals surface area (Å²) in [6.45, 7) is 3.20. The summed E-state index contributed by atoms with van der Waals surface area (Å²) in [4.78, 5) is 22.2. The van der Waals surface area contributed by atoms with Gasteiger partial charge in [0.1, 0.15) is 11.6 Å². The fraction of sp³-hybridized carbons (Fsp3) is 0.778. The largest absolute Gasteiger partial charge is 0.299 e. The molecule has 0 bridgehead atoms. The van der Waals surface area contributed by atoms with Gasteiger partial charge in [-0.3, -0.25) is 9.59 Å². The summed E-state index contributed by atoms with van der Waals surface area (Å²) in [7, 11) is 0. The highest BCUT2D eigenvalue weighted by Crippen LogP contribution is 2.29. The van der Waals surface area contributed by atoms with E-state index in [0.29, 0.717) is 0 Å². The molecule has 2 heteroatoms. The molecule has 0 heterocycles. The Bertz CT molecular complexity index is 180. The summed E-state index contributed by atoms with van der Waals surface area (Å²) >= 11 is 0. The molecule has 1 fully saturated rings. The first-order valence-electron chi connectivity index (χ1n) is 4.17. The Kier molecular flexibility index (Phi) is 2.42. The Hall–Kier alpha value is -0.660. The molecule has 0 spiro atoms. The van der Waals surface area contributed by atoms with Gasteiger partial charge in [0.25, 0.3) is 0 Å². The molecule has 62 valence electrons. The zero-order chi connectivity index (χ0) is 8.43. The molecule has 0 aromatic rings. The lowest BCUT2D eigenvalue weighted by Crippen LogP contribution is -2.30. The van der Waals surface area contributed by atoms with Crippen molar-refractivity contribution in [3.05, 3.63) is 0 Å². The highest BCUT2D eigenvalue weighted by atomic mass is 16.1. The second-order valence-electron chi connectivity index (χ2n) is 3.36. The lowest BCUT2D eigenvalue weighted by Gasteiger charge is -2.25. The van der Waals surface area contributed by atoms with E-state index in [0.717, 1.165) is 19.3 Å². The maximum Gasteiger partial charge on any atom is 0.146 e. The number of Topliss-reactive ketones (excluding diaryl/α,β-unsaturated/α-hetero) is 2. The predicted octanol–water partition coefficient (Wildman–Crippen LogP) is 1.58. The van der Waals surface area contributed by atoms with Gasteiger partial charge >= 0.3 is 0 Å². The van der Waals surface area contributed by atoms with Crippen LogP contribution >= 0.6 is 0 Å². The van der Waals surface area contributed by atoms with Crippen LogP contribution < -0.4 is 0 Å². The Labute approximate surface area is 67.0 Å². The van der Waals surface area contributed by atoms with Crippen molar-refractivity contribution < 1.29 is 9.59 Å². The first-order valence-corrected chi connectivity index (χ1v) is 4.17. The molecule has 1 atom stereocenters. The summed E-state index contributed by atoms with van der Waals surface area (Å²) in [6.07, 6.45) is 3.15. The highest BCUT2D eigenvalue weighted by molar-refractivity contribution is 6.02. The maximum atomic E-state index is 11.3. The van der Waals surface area contributed by atoms with Gasteiger partial charge in [-0.25, -0.2) is 0 Å². The minimum absolute atomic E-state index is 0.00176. The third-order valence-corrected chi connectivity index (χ3v) is 2.54. The first kappa shape index (κ1) is 8.44. The van der Waals surface area contributed by atoms with Gasteiger partial charge in [0, 0.05) is 5.92 Å². The Balaban J connectivity index is 2.45. The Morgan fingerprint density at radius 2 is 1.91 bits per heavy atom. The van der Waals surface area contributed by atoms with Crippen LogP contribution in [0.1, 0.15) is 33.1 Å². The van der Waals surface area contributed by atoms with Crippen molar-refractivity contribution in [2.24, 2.45) is 11.8 Å². The molecule has 1 rings (SSSR count). The molecule has 0 radical (unpaired) electrons. The van der Waals surface area contributed by atoms with E-state index in [1.54, 1.807) is 6.92 Å². The topological polar surface area (TPSA) is 34.1 Å². The van der Waals surface area contributed by atoms with Crippen LogP contribution in [-0.4, -0.2) is 11.6 Å². The van der Waals surface area contributed by atoms with Crippen LogP contribution in [0.5, 0.6) is 0 Å². The summed E-state index contributed by atoms with van der Waals surface area (Å²) in [6, 6.07) is 0. The molecule has 0 saturated heterocycles. The normalized spacial score (nSPS) is 20.5. The van der Waals surface area contributed by atoms with Crippen LogP contribution in [0.4, 0.5) is 0 Å². The molecule has 1 aliphatic rings. The minimum atomic E-state index is -0.361. The summed E-state index contributed by atoms with van der Waals surface area (Å²) in [5.74, 6) is -0.000139. The van der Waals surface area contributed by atoms with E-state index in [2.05, 4.69) is 0 Å². The lowest BCUT2D eigenvalue weighted by molar-refractivity contribution is -0.135. The molecule has 1 aliphatic carbocycles. The van der Waals surface area contributed by atoms with Gasteiger partial charge < -0.3 is 0 Å². The van der Waals surface area contributed by atoms with Crippen LogP contribution in [0, 0.1) is 11.8 Å². The molecule has 0 aromatic heterocycles. The van der Waals surface area contributed by atoms with E-state index in [4.69, 9.17) is 0 Å². The molecule has 2 nitrogen and oxygen atoms in total. The maximum absolute atomic E-state index is 11.3. The Morgan fingerprint density at radius 1 is 1.36 bits per heavy atom. The molecule has 1 unspecified atom stereocenters. The number of rotatable bonds is 3. The van der Waals surface area contributed by atoms with Crippen molar-refractivity contribution in [2.75, 3.05) is 0 Å². The predicted molar refractivity (Wildman–Crippen MR) is 42.2 cm³/mol. The van der Waals surface area contributed by atoms with Gasteiger partial charge in [0.05, 0.1) is 5.92 Å². The summed E-state index contributed by atoms with van der Waals surface area (Å²) < 4.78 is 0. The van der Waals surface area contributed by atoms with Gasteiger partial charge in [0.15, 0.2) is 0 Å². The average molecular weight is 154 g/mol. The number of carbonyl (C=O) groups is 2. The molecule has 0 aromatic carbocycles. The molecule has 0 aliphatic heterocycles. The Morgan fingerprint density at radius 3 is 2.18 bits per heavy atom. The van der Waals surface area contributed by atoms with Crippen molar-refractivity contribution >= 4 is 11.6 Å². The molecule has 0 N–H and O–H groups in total. The van der Waals surface area contributed by atoms with Crippen molar-refractivity contribution in [3.63, 3.8) is 0 Å². The second kappa shape index (κ2) is 3.16. The van der Waals surface area contributed by atoms with Gasteiger partial charge in [-0.1, -0.05) is 6.42 Å². The van der Waals surface area contributed by atoms with Gasteiger partial charge in [-0.2, -0.15) is 0 Å². The molecule has 1 saturated carbocycles. The molecular formula is C9H14O2. The molecule has 0 amide bonds. The number of hydrogen-bond donors (Lipinski definition) is 0. The first-order chi connectivity index (χ1) is 5.13. The average Bonchev–Trinajstić information content (AvgIpc) is 1.82. The van der Waals surface area contributed by atoms with Gasteiger partial charge in [0.2, 0.25) is 0 Å². The SMILES string of the molecule is CC(=O)C(C)C(=O)C1CCC1. The fourth-order valence-corrected chi connectivity index (χ4v) is 1.25. The van der Waals surface area contributed by atoms with Crippen molar-refractivity contribution in [2.45, 2.75) is 33.1 Å². The summed E-state index contributed by atoms with van der Waals surface area (Å²) in [5.41, 5.74) is 0. The zero-order valence-electron chi connectivity index (χ0n) is 7.09. The molecular weight excluding hydrogens is 140 g/mol. The van der Waals surface area contributed by atoms with Crippen LogP contribution in [0.15, 0.2) is 0 Å². The molecule has 11 heavy (non-hydrogen) atoms. The number of hydrogen-bond acceptors (Lipinski definition) is 2. The van der Waals surface area contributed by atoms with Crippen LogP contribution in [0.2, 0.25) is 0 Å². The monoisotopic (exact) mass is 154 g/mol. The van der Waals surface area contributed by atoms with E-state index < -0.39 is 0 Å². The van der Waals surface area contributed by atoms with Crippen LogP contribution in [0.3, 0.4) is 0 Å². The van der Waals surface area contributed by atoms with E-state index >= 15 is 0 Å². The smallest absolute Gasteiger partial charge is 0.146 e. The highest BCUT2D eigenvalue weighted by Gasteiger charge is 2.30. The fourth-order valence-electron chi connectivity index (χ4n) is 1.25. The number of ketones is 2. The number of carbonyl (C=O) groups excluding carboxylic acids is 2. The second-order valence-corrected chi connectivity index (χ2v) is 3.36. The third-order valence-electron chi connectivity index (χ3n) is 2.54. The van der Waals surface area contributed by atoms with Crippen LogP contribution in [-0.2, 0) is 9.59 Å². The van der Waals surface area contributed by atoms with E-state index in [-0.39, 0.29) is 23.4 Å². The standard InChI is InChI=1S/C9H14O2/c1-6(7(2)10)9(11)8-4-3-5-8/h6,8H,3-5H2,1-2H3. The lowest BCUT2D eigenvalue weighted by atomic mass is 9.77.